The van der Waals surface area contributed by atoms with Gasteiger partial charge in [0.25, 0.3) is 0 Å². The highest BCUT2D eigenvalue weighted by Crippen LogP contribution is 2.10. The predicted molar refractivity (Wildman–Crippen MR) is 37.7 cm³/mol. The molecule has 1 heterocycles. The van der Waals surface area contributed by atoms with Crippen molar-refractivity contribution in [3.8, 4) is 0 Å². The van der Waals surface area contributed by atoms with Gasteiger partial charge in [-0.1, -0.05) is 6.08 Å². The van der Waals surface area contributed by atoms with Gasteiger partial charge in [-0.2, -0.15) is 0 Å². The van der Waals surface area contributed by atoms with Crippen molar-refractivity contribution in [1.29, 1.82) is 0 Å². The molecule has 56 valence electrons. The molecule has 2 atom stereocenters. The van der Waals surface area contributed by atoms with Gasteiger partial charge < -0.3 is 10.1 Å². The highest BCUT2D eigenvalue weighted by Gasteiger charge is 2.28. The molecule has 0 radical (unpaired) electrons. The van der Waals surface area contributed by atoms with Crippen LogP contribution in [-0.2, 0) is 4.74 Å². The van der Waals surface area contributed by atoms with E-state index >= 15 is 0 Å². The summed E-state index contributed by atoms with van der Waals surface area (Å²) in [4.78, 5) is 10.6. The van der Waals surface area contributed by atoms with Crippen molar-refractivity contribution < 1.29 is 9.53 Å². The minimum Gasteiger partial charge on any atom is -0.444 e. The van der Waals surface area contributed by atoms with Crippen LogP contribution in [0.3, 0.4) is 0 Å². The van der Waals surface area contributed by atoms with Gasteiger partial charge in [0.05, 0.1) is 6.04 Å². The van der Waals surface area contributed by atoms with Crippen molar-refractivity contribution in [3.05, 3.63) is 12.7 Å². The van der Waals surface area contributed by atoms with E-state index in [1.807, 2.05) is 6.92 Å². The SMILES string of the molecule is C=CC[C@@H]1NC(=O)O[C@H]1C. The largest absolute Gasteiger partial charge is 0.444 e. The predicted octanol–water partition coefficient (Wildman–Crippen LogP) is 1.06. The smallest absolute Gasteiger partial charge is 0.407 e. The Morgan fingerprint density at radius 2 is 2.60 bits per heavy atom. The summed E-state index contributed by atoms with van der Waals surface area (Å²) in [5, 5.41) is 2.67. The monoisotopic (exact) mass is 141 g/mol. The maximum Gasteiger partial charge on any atom is 0.407 e. The molecule has 0 bridgehead atoms. The number of alkyl carbamates (subject to hydrolysis) is 1. The van der Waals surface area contributed by atoms with E-state index in [9.17, 15) is 4.79 Å². The highest BCUT2D eigenvalue weighted by atomic mass is 16.6. The summed E-state index contributed by atoms with van der Waals surface area (Å²) >= 11 is 0. The lowest BCUT2D eigenvalue weighted by Crippen LogP contribution is -2.28. The zero-order valence-electron chi connectivity index (χ0n) is 5.96. The molecular formula is C7H11NO2. The van der Waals surface area contributed by atoms with Crippen molar-refractivity contribution in [1.82, 2.24) is 5.32 Å². The second-order valence-corrected chi connectivity index (χ2v) is 2.39. The Kier molecular flexibility index (Phi) is 1.94. The molecule has 0 unspecified atom stereocenters. The van der Waals surface area contributed by atoms with Gasteiger partial charge in [0.15, 0.2) is 0 Å². The molecule has 3 heteroatoms. The first kappa shape index (κ1) is 7.12. The fraction of sp³-hybridized carbons (Fsp3) is 0.571. The molecule has 1 saturated heterocycles. The average Bonchev–Trinajstić information content (AvgIpc) is 2.13. The van der Waals surface area contributed by atoms with Crippen LogP contribution in [0.2, 0.25) is 0 Å². The molecule has 1 aliphatic heterocycles. The average molecular weight is 141 g/mol. The lowest BCUT2D eigenvalue weighted by atomic mass is 10.1. The van der Waals surface area contributed by atoms with Crippen molar-refractivity contribution in [2.24, 2.45) is 0 Å². The summed E-state index contributed by atoms with van der Waals surface area (Å²) in [6, 6.07) is 0.116. The Bertz CT molecular complexity index is 156. The Morgan fingerprint density at radius 1 is 1.90 bits per heavy atom. The van der Waals surface area contributed by atoms with E-state index in [4.69, 9.17) is 4.74 Å². The van der Waals surface area contributed by atoms with Gasteiger partial charge in [0.2, 0.25) is 0 Å². The Hall–Kier alpha value is -0.990. The standard InChI is InChI=1S/C7H11NO2/c1-3-4-6-5(2)10-7(9)8-6/h3,5-6H,1,4H2,2H3,(H,8,9)/t5-,6-/m0/s1. The second-order valence-electron chi connectivity index (χ2n) is 2.39. The lowest BCUT2D eigenvalue weighted by Gasteiger charge is -2.08. The van der Waals surface area contributed by atoms with Crippen LogP contribution in [0.4, 0.5) is 4.79 Å². The molecule has 0 spiro atoms. The van der Waals surface area contributed by atoms with Crippen LogP contribution in [0, 0.1) is 0 Å². The fourth-order valence-electron chi connectivity index (χ4n) is 0.984. The zero-order valence-corrected chi connectivity index (χ0v) is 5.96. The number of nitrogens with one attached hydrogen (secondary N) is 1. The van der Waals surface area contributed by atoms with E-state index in [0.717, 1.165) is 6.42 Å². The molecule has 0 aliphatic carbocycles. The van der Waals surface area contributed by atoms with Gasteiger partial charge in [-0.05, 0) is 13.3 Å². The van der Waals surface area contributed by atoms with Crippen LogP contribution in [0.5, 0.6) is 0 Å². The van der Waals surface area contributed by atoms with E-state index in [-0.39, 0.29) is 18.2 Å². The van der Waals surface area contributed by atoms with Gasteiger partial charge in [-0.25, -0.2) is 4.79 Å². The fourth-order valence-corrected chi connectivity index (χ4v) is 0.984. The summed E-state index contributed by atoms with van der Waals surface area (Å²) in [6.07, 6.45) is 2.20. The maximum absolute atomic E-state index is 10.6. The molecule has 1 amide bonds. The van der Waals surface area contributed by atoms with E-state index in [2.05, 4.69) is 11.9 Å². The van der Waals surface area contributed by atoms with Crippen LogP contribution in [-0.4, -0.2) is 18.2 Å². The molecule has 1 N–H and O–H groups in total. The molecule has 10 heavy (non-hydrogen) atoms. The van der Waals surface area contributed by atoms with Crippen LogP contribution in [0.15, 0.2) is 12.7 Å². The van der Waals surface area contributed by atoms with Gasteiger partial charge in [-0.15, -0.1) is 6.58 Å². The third-order valence-electron chi connectivity index (χ3n) is 1.58. The maximum atomic E-state index is 10.6. The molecule has 0 aromatic rings. The van der Waals surface area contributed by atoms with E-state index < -0.39 is 0 Å². The Balaban J connectivity index is 2.45. The number of ether oxygens (including phenoxy) is 1. The quantitative estimate of drug-likeness (QED) is 0.584. The summed E-state index contributed by atoms with van der Waals surface area (Å²) in [5.41, 5.74) is 0. The first-order valence-electron chi connectivity index (χ1n) is 3.32. The third kappa shape index (κ3) is 1.29. The van der Waals surface area contributed by atoms with Crippen molar-refractivity contribution in [2.45, 2.75) is 25.5 Å². The van der Waals surface area contributed by atoms with Crippen molar-refractivity contribution in [3.63, 3.8) is 0 Å². The van der Waals surface area contributed by atoms with Crippen LogP contribution in [0.1, 0.15) is 13.3 Å². The van der Waals surface area contributed by atoms with Gasteiger partial charge in [0.1, 0.15) is 6.10 Å². The Morgan fingerprint density at radius 3 is 3.00 bits per heavy atom. The molecule has 0 aromatic carbocycles. The number of hydrogen-bond donors (Lipinski definition) is 1. The lowest BCUT2D eigenvalue weighted by molar-refractivity contribution is 0.141. The number of carbonyl (C=O) groups excluding carboxylic acids is 1. The molecule has 1 aliphatic rings. The third-order valence-corrected chi connectivity index (χ3v) is 1.58. The normalized spacial score (nSPS) is 31.1. The molecule has 0 saturated carbocycles. The minimum atomic E-state index is -0.320. The van der Waals surface area contributed by atoms with Crippen molar-refractivity contribution in [2.75, 3.05) is 0 Å². The van der Waals surface area contributed by atoms with Crippen molar-refractivity contribution >= 4 is 6.09 Å². The second kappa shape index (κ2) is 2.73. The van der Waals surface area contributed by atoms with Crippen LogP contribution < -0.4 is 5.32 Å². The number of rotatable bonds is 2. The minimum absolute atomic E-state index is 0.0227. The summed E-state index contributed by atoms with van der Waals surface area (Å²) in [7, 11) is 0. The van der Waals surface area contributed by atoms with Gasteiger partial charge in [-0.3, -0.25) is 0 Å². The Labute approximate surface area is 60.1 Å². The summed E-state index contributed by atoms with van der Waals surface area (Å²) in [5.74, 6) is 0. The molecule has 1 fully saturated rings. The molecule has 3 nitrogen and oxygen atoms in total. The first-order valence-corrected chi connectivity index (χ1v) is 3.32. The number of carbonyl (C=O) groups is 1. The topological polar surface area (TPSA) is 38.3 Å². The highest BCUT2D eigenvalue weighted by molar-refractivity contribution is 5.70. The van der Waals surface area contributed by atoms with Crippen LogP contribution in [0.25, 0.3) is 0 Å². The summed E-state index contributed by atoms with van der Waals surface area (Å²) in [6.45, 7) is 5.44. The zero-order chi connectivity index (χ0) is 7.56. The first-order chi connectivity index (χ1) is 4.74. The molecule has 0 aromatic heterocycles. The summed E-state index contributed by atoms with van der Waals surface area (Å²) < 4.78 is 4.83. The van der Waals surface area contributed by atoms with E-state index in [0.29, 0.717) is 0 Å². The van der Waals surface area contributed by atoms with E-state index in [1.165, 1.54) is 0 Å². The van der Waals surface area contributed by atoms with E-state index in [1.54, 1.807) is 6.08 Å². The van der Waals surface area contributed by atoms with Crippen LogP contribution >= 0.6 is 0 Å². The number of cyclic esters (lactones) is 1. The van der Waals surface area contributed by atoms with Gasteiger partial charge >= 0.3 is 6.09 Å². The number of amides is 1. The van der Waals surface area contributed by atoms with Gasteiger partial charge in [0, 0.05) is 0 Å². The number of hydrogen-bond acceptors (Lipinski definition) is 2. The molecular weight excluding hydrogens is 130 g/mol. The molecule has 1 rings (SSSR count).